The van der Waals surface area contributed by atoms with Crippen molar-refractivity contribution in [2.45, 2.75) is 38.8 Å². The third-order valence-corrected chi connectivity index (χ3v) is 5.68. The van der Waals surface area contributed by atoms with E-state index in [4.69, 9.17) is 4.74 Å². The number of likely N-dealkylation sites (N-methyl/N-ethyl adjacent to an activating group) is 1. The first-order chi connectivity index (χ1) is 12.4. The summed E-state index contributed by atoms with van der Waals surface area (Å²) in [7, 11) is 2.13. The van der Waals surface area contributed by atoms with Crippen LogP contribution in [0.3, 0.4) is 0 Å². The predicted octanol–water partition coefficient (Wildman–Crippen LogP) is 2.41. The van der Waals surface area contributed by atoms with E-state index in [1.54, 1.807) is 17.2 Å². The van der Waals surface area contributed by atoms with Crippen LogP contribution in [-0.4, -0.2) is 71.2 Å². The highest BCUT2D eigenvalue weighted by Gasteiger charge is 2.34. The minimum absolute atomic E-state index is 0.0623. The fourth-order valence-electron chi connectivity index (χ4n) is 3.42. The third-order valence-electron chi connectivity index (χ3n) is 5.25. The van der Waals surface area contributed by atoms with Crippen LogP contribution in [0.1, 0.15) is 37.0 Å². The van der Waals surface area contributed by atoms with E-state index in [2.05, 4.69) is 39.8 Å². The molecule has 0 unspecified atom stereocenters. The lowest BCUT2D eigenvalue weighted by molar-refractivity contribution is 0.0327. The monoisotopic (exact) mass is 425 g/mol. The molecule has 144 valence electrons. The first-order valence-electron chi connectivity index (χ1n) is 9.31. The minimum Gasteiger partial charge on any atom is -0.472 e. The Morgan fingerprint density at radius 2 is 2.19 bits per heavy atom. The van der Waals surface area contributed by atoms with Gasteiger partial charge in [-0.15, -0.1) is 0 Å². The molecule has 1 amide bonds. The summed E-state index contributed by atoms with van der Waals surface area (Å²) in [5.41, 5.74) is 0.446. The van der Waals surface area contributed by atoms with Crippen molar-refractivity contribution in [2.75, 3.05) is 33.3 Å². The van der Waals surface area contributed by atoms with Crippen LogP contribution in [0.2, 0.25) is 0 Å². The summed E-state index contributed by atoms with van der Waals surface area (Å²) < 4.78 is 6.96. The van der Waals surface area contributed by atoms with Gasteiger partial charge >= 0.3 is 0 Å². The highest BCUT2D eigenvalue weighted by Crippen LogP contribution is 2.31. The molecule has 1 fully saturated rings. The van der Waals surface area contributed by atoms with E-state index in [-0.39, 0.29) is 30.6 Å². The molecule has 0 aromatic carbocycles. The van der Waals surface area contributed by atoms with E-state index in [1.807, 2.05) is 6.92 Å². The number of amides is 1. The molecule has 7 heteroatoms. The molecule has 6 nitrogen and oxygen atoms in total. The zero-order chi connectivity index (χ0) is 18.8. The van der Waals surface area contributed by atoms with Crippen molar-refractivity contribution in [3.05, 3.63) is 22.3 Å². The lowest BCUT2D eigenvalue weighted by atomic mass is 10.00. The average molecular weight is 426 g/mol. The van der Waals surface area contributed by atoms with Crippen LogP contribution in [0.15, 0.2) is 16.7 Å². The van der Waals surface area contributed by atoms with Gasteiger partial charge in [0, 0.05) is 36.2 Å². The van der Waals surface area contributed by atoms with Gasteiger partial charge in [-0.1, -0.05) is 6.92 Å². The van der Waals surface area contributed by atoms with Gasteiger partial charge in [-0.3, -0.25) is 4.79 Å². The fraction of sp³-hybridized carbons (Fsp3) is 0.684. The molecule has 1 N–H and O–H groups in total. The Morgan fingerprint density at radius 1 is 1.46 bits per heavy atom. The van der Waals surface area contributed by atoms with Gasteiger partial charge in [0.25, 0.3) is 5.91 Å². The summed E-state index contributed by atoms with van der Waals surface area (Å²) in [4.78, 5) is 21.5. The number of pyridine rings is 1. The standard InChI is InChI=1S/C19H28BrN3O3/c1-12-8-23(13(2)11-24)19(25)16-6-15(20)7-21-18(16)26-17(12)10-22(3)9-14-4-5-14/h6-7,12-14,17,24H,4-5,8-11H2,1-3H3/t12-,13-,17-/m1/s1. The Balaban J connectivity index is 1.87. The number of aliphatic hydroxyl groups is 1. The number of rotatable bonds is 6. The van der Waals surface area contributed by atoms with Crippen LogP contribution in [0.5, 0.6) is 5.88 Å². The maximum absolute atomic E-state index is 13.0. The van der Waals surface area contributed by atoms with Crippen molar-refractivity contribution in [3.63, 3.8) is 0 Å². The normalized spacial score (nSPS) is 24.7. The van der Waals surface area contributed by atoms with Crippen LogP contribution >= 0.6 is 15.9 Å². The van der Waals surface area contributed by atoms with Crippen molar-refractivity contribution in [3.8, 4) is 5.88 Å². The van der Waals surface area contributed by atoms with Crippen LogP contribution in [0, 0.1) is 11.8 Å². The molecular weight excluding hydrogens is 398 g/mol. The summed E-state index contributed by atoms with van der Waals surface area (Å²) >= 11 is 3.39. The molecule has 0 saturated heterocycles. The molecule has 1 aromatic heterocycles. The van der Waals surface area contributed by atoms with Crippen molar-refractivity contribution >= 4 is 21.8 Å². The number of ether oxygens (including phenoxy) is 1. The van der Waals surface area contributed by atoms with E-state index in [0.717, 1.165) is 23.5 Å². The zero-order valence-electron chi connectivity index (χ0n) is 15.7. The van der Waals surface area contributed by atoms with Crippen LogP contribution in [0.4, 0.5) is 0 Å². The molecule has 0 spiro atoms. The van der Waals surface area contributed by atoms with Crippen molar-refractivity contribution in [1.82, 2.24) is 14.8 Å². The number of hydrogen-bond acceptors (Lipinski definition) is 5. The summed E-state index contributed by atoms with van der Waals surface area (Å²) in [5.74, 6) is 1.18. The van der Waals surface area contributed by atoms with E-state index < -0.39 is 0 Å². The van der Waals surface area contributed by atoms with Crippen molar-refractivity contribution < 1.29 is 14.6 Å². The van der Waals surface area contributed by atoms with Gasteiger partial charge in [0.1, 0.15) is 11.7 Å². The van der Waals surface area contributed by atoms with Crippen LogP contribution in [0.25, 0.3) is 0 Å². The quantitative estimate of drug-likeness (QED) is 0.757. The Hall–Kier alpha value is -1.18. The second-order valence-corrected chi connectivity index (χ2v) is 8.71. The number of aromatic nitrogens is 1. The second kappa shape index (κ2) is 8.23. The predicted molar refractivity (Wildman–Crippen MR) is 103 cm³/mol. The number of fused-ring (bicyclic) bond motifs is 1. The fourth-order valence-corrected chi connectivity index (χ4v) is 3.75. The topological polar surface area (TPSA) is 65.9 Å². The van der Waals surface area contributed by atoms with Crippen molar-refractivity contribution in [2.24, 2.45) is 11.8 Å². The molecule has 2 aliphatic rings. The number of carbonyl (C=O) groups is 1. The Bertz CT molecular complexity index is 653. The maximum Gasteiger partial charge on any atom is 0.259 e. The molecular formula is C19H28BrN3O3. The molecule has 26 heavy (non-hydrogen) atoms. The molecule has 0 radical (unpaired) electrons. The average Bonchev–Trinajstić information content (AvgIpc) is 3.42. The zero-order valence-corrected chi connectivity index (χ0v) is 17.3. The summed E-state index contributed by atoms with van der Waals surface area (Å²) in [5, 5.41) is 9.61. The van der Waals surface area contributed by atoms with E-state index in [0.29, 0.717) is 18.0 Å². The number of halogens is 1. The summed E-state index contributed by atoms with van der Waals surface area (Å²) in [6.45, 7) is 6.33. The Morgan fingerprint density at radius 3 is 2.85 bits per heavy atom. The van der Waals surface area contributed by atoms with Gasteiger partial charge in [-0.25, -0.2) is 4.98 Å². The summed E-state index contributed by atoms with van der Waals surface area (Å²) in [6.07, 6.45) is 4.23. The van der Waals surface area contributed by atoms with Gasteiger partial charge < -0.3 is 19.6 Å². The van der Waals surface area contributed by atoms with E-state index in [1.165, 1.54) is 12.8 Å². The maximum atomic E-state index is 13.0. The first-order valence-corrected chi connectivity index (χ1v) is 10.1. The smallest absolute Gasteiger partial charge is 0.259 e. The highest BCUT2D eigenvalue weighted by molar-refractivity contribution is 9.10. The largest absolute Gasteiger partial charge is 0.472 e. The van der Waals surface area contributed by atoms with Crippen LogP contribution in [-0.2, 0) is 0 Å². The molecule has 1 saturated carbocycles. The highest BCUT2D eigenvalue weighted by atomic mass is 79.9. The van der Waals surface area contributed by atoms with Gasteiger partial charge in [-0.2, -0.15) is 0 Å². The molecule has 3 rings (SSSR count). The molecule has 1 aliphatic heterocycles. The van der Waals surface area contributed by atoms with Gasteiger partial charge in [0.15, 0.2) is 0 Å². The van der Waals surface area contributed by atoms with Gasteiger partial charge in [-0.05, 0) is 54.7 Å². The number of hydrogen-bond donors (Lipinski definition) is 1. The van der Waals surface area contributed by atoms with E-state index in [9.17, 15) is 9.90 Å². The number of aliphatic hydroxyl groups excluding tert-OH is 1. The SMILES string of the molecule is C[C@@H]1CN([C@H](C)CO)C(=O)c2cc(Br)cnc2O[C@@H]1CN(C)CC1CC1. The lowest BCUT2D eigenvalue weighted by Gasteiger charge is -2.37. The van der Waals surface area contributed by atoms with Crippen LogP contribution < -0.4 is 4.74 Å². The first kappa shape index (κ1) is 19.6. The van der Waals surface area contributed by atoms with E-state index >= 15 is 0 Å². The van der Waals surface area contributed by atoms with Gasteiger partial charge in [0.05, 0.1) is 12.6 Å². The minimum atomic E-state index is -0.250. The third kappa shape index (κ3) is 4.56. The molecule has 1 aromatic rings. The lowest BCUT2D eigenvalue weighted by Crippen LogP contribution is -2.50. The van der Waals surface area contributed by atoms with Gasteiger partial charge in [0.2, 0.25) is 5.88 Å². The Labute approximate surface area is 163 Å². The molecule has 1 aliphatic carbocycles. The number of carbonyl (C=O) groups excluding carboxylic acids is 1. The molecule has 0 bridgehead atoms. The summed E-state index contributed by atoms with van der Waals surface area (Å²) in [6, 6.07) is 1.50. The second-order valence-electron chi connectivity index (χ2n) is 7.79. The molecule has 2 heterocycles. The number of nitrogens with zero attached hydrogens (tertiary/aromatic N) is 3. The Kier molecular flexibility index (Phi) is 6.20. The molecule has 3 atom stereocenters. The van der Waals surface area contributed by atoms with Crippen molar-refractivity contribution in [1.29, 1.82) is 0 Å².